The second-order valence-corrected chi connectivity index (χ2v) is 18.2. The van der Waals surface area contributed by atoms with Gasteiger partial charge in [0, 0.05) is 0 Å². The maximum absolute atomic E-state index is 7.07. The Labute approximate surface area is 351 Å². The topological polar surface area (TPSA) is 22.2 Å². The van der Waals surface area contributed by atoms with Gasteiger partial charge in [-0.2, -0.15) is 0 Å². The zero-order valence-electron chi connectivity index (χ0n) is 31.9. The molecule has 1 aliphatic carbocycles. The first-order chi connectivity index (χ1) is 29.3. The van der Waals surface area contributed by atoms with Crippen LogP contribution >= 0.6 is 0 Å². The Morgan fingerprint density at radius 2 is 0.780 bits per heavy atom. The molecule has 6 bridgehead atoms. The van der Waals surface area contributed by atoms with Gasteiger partial charge in [0.25, 0.3) is 0 Å². The summed E-state index contributed by atoms with van der Waals surface area (Å²) < 4.78 is 9.77. The van der Waals surface area contributed by atoms with Crippen LogP contribution < -0.4 is 24.3 Å². The van der Waals surface area contributed by atoms with Gasteiger partial charge in [-0.05, 0) is 0 Å². The summed E-state index contributed by atoms with van der Waals surface area (Å²) >= 11 is -0.918. The monoisotopic (exact) mass is 939 g/mol. The number of hydrogen-bond donors (Lipinski definition) is 0. The van der Waals surface area contributed by atoms with Crippen LogP contribution in [0.1, 0.15) is 33.4 Å². The van der Waals surface area contributed by atoms with Crippen LogP contribution in [-0.2, 0) is 28.7 Å². The SMILES string of the molecule is c1ccc(C2(c3ccccc3)c3cccc(c3)Oc3cccc(c3)C3(c4ccccc4-c4ccccc43)N3[C]4=[Pt]=[C]5N(CN4c4ccccc43)c3ccccc3N52)cc1. The van der Waals surface area contributed by atoms with Gasteiger partial charge in [-0.1, -0.05) is 0 Å². The number of rotatable bonds is 2. The number of ether oxygens (including phenoxy) is 1. The molecule has 59 heavy (non-hydrogen) atoms. The van der Waals surface area contributed by atoms with E-state index in [0.29, 0.717) is 6.67 Å². The predicted octanol–water partition coefficient (Wildman–Crippen LogP) is 10.9. The molecule has 0 amide bonds. The second-order valence-electron chi connectivity index (χ2n) is 15.6. The molecule has 0 saturated heterocycles. The third-order valence-corrected chi connectivity index (χ3v) is 16.0. The first kappa shape index (κ1) is 33.2. The van der Waals surface area contributed by atoms with Crippen molar-refractivity contribution in [1.82, 2.24) is 0 Å². The molecular formula is C53H36N4OPt. The minimum absolute atomic E-state index is 0.687. The van der Waals surface area contributed by atoms with Gasteiger partial charge >= 0.3 is 353 Å². The van der Waals surface area contributed by atoms with E-state index in [2.05, 4.69) is 226 Å². The molecule has 284 valence electrons. The molecule has 0 N–H and O–H groups in total. The summed E-state index contributed by atoms with van der Waals surface area (Å²) in [7, 11) is 0. The fourth-order valence-electron chi connectivity index (χ4n) is 10.5. The van der Waals surface area contributed by atoms with Crippen LogP contribution in [0.2, 0.25) is 0 Å². The molecule has 0 unspecified atom stereocenters. The van der Waals surface area contributed by atoms with Gasteiger partial charge in [-0.3, -0.25) is 0 Å². The van der Waals surface area contributed by atoms with Gasteiger partial charge in [0.2, 0.25) is 0 Å². The Balaban J connectivity index is 1.25. The van der Waals surface area contributed by atoms with Crippen LogP contribution in [0.3, 0.4) is 0 Å². The molecule has 8 aromatic rings. The minimum atomic E-state index is -0.918. The average Bonchev–Trinajstić information content (AvgIpc) is 3.91. The Morgan fingerprint density at radius 3 is 1.31 bits per heavy atom. The fourth-order valence-corrected chi connectivity index (χ4v) is 14.2. The summed E-state index contributed by atoms with van der Waals surface area (Å²) in [5, 5.41) is 0. The van der Waals surface area contributed by atoms with E-state index in [1.54, 1.807) is 0 Å². The zero-order valence-corrected chi connectivity index (χ0v) is 34.1. The number of para-hydroxylation sites is 4. The summed E-state index contributed by atoms with van der Waals surface area (Å²) in [6, 6.07) is 76.1. The van der Waals surface area contributed by atoms with E-state index in [1.165, 1.54) is 70.0 Å². The van der Waals surface area contributed by atoms with Crippen LogP contribution in [-0.4, -0.2) is 15.0 Å². The van der Waals surface area contributed by atoms with Crippen LogP contribution in [0.15, 0.2) is 206 Å². The molecule has 0 atom stereocenters. The van der Waals surface area contributed by atoms with Crippen molar-refractivity contribution in [1.29, 1.82) is 0 Å². The van der Waals surface area contributed by atoms with E-state index >= 15 is 0 Å². The summed E-state index contributed by atoms with van der Waals surface area (Å²) in [5.41, 5.74) is 13.2. The van der Waals surface area contributed by atoms with Crippen LogP contribution in [0.25, 0.3) is 11.1 Å². The standard InChI is InChI=1S/C53H36N4O.Pt/c1-3-17-38(18-4-1)52(39-19-5-2-6-20-39)40-21-15-23-42(33-40)58-43-24-16-22-41(34-43)53(46-27-9-7-25-44(46)45-26-8-10-28-47(45)53)57-37-55(49-30-12-14-32-51(49)57)35-54-36-56(52)50-31-13-11-29-48(50)54;/h1-34H,35H2;. The molecule has 6 heteroatoms. The zero-order chi connectivity index (χ0) is 38.7. The fraction of sp³-hybridized carbons (Fsp3) is 0.0566. The van der Waals surface area contributed by atoms with Crippen molar-refractivity contribution in [3.63, 3.8) is 0 Å². The van der Waals surface area contributed by atoms with Crippen molar-refractivity contribution in [2.45, 2.75) is 11.1 Å². The van der Waals surface area contributed by atoms with Crippen molar-refractivity contribution in [2.75, 3.05) is 26.3 Å². The molecule has 4 heterocycles. The molecule has 5 aliphatic rings. The van der Waals surface area contributed by atoms with Crippen LogP contribution in [0, 0.1) is 0 Å². The molecule has 4 aliphatic heterocycles. The summed E-state index contributed by atoms with van der Waals surface area (Å²) in [4.78, 5) is 10.7. The van der Waals surface area contributed by atoms with E-state index in [-0.39, 0.29) is 0 Å². The predicted molar refractivity (Wildman–Crippen MR) is 235 cm³/mol. The van der Waals surface area contributed by atoms with Crippen molar-refractivity contribution in [3.05, 3.63) is 240 Å². The molecule has 0 aromatic heterocycles. The Morgan fingerprint density at radius 1 is 0.373 bits per heavy atom. The van der Waals surface area contributed by atoms with Crippen molar-refractivity contribution in [2.24, 2.45) is 0 Å². The van der Waals surface area contributed by atoms with Gasteiger partial charge in [-0.15, -0.1) is 0 Å². The number of hydrogen-bond acceptors (Lipinski definition) is 5. The quantitative estimate of drug-likeness (QED) is 0.172. The maximum atomic E-state index is 7.07. The average molecular weight is 940 g/mol. The molecule has 1 spiro atoms. The Hall–Kier alpha value is -6.81. The second kappa shape index (κ2) is 12.3. The van der Waals surface area contributed by atoms with E-state index < -0.39 is 28.7 Å². The van der Waals surface area contributed by atoms with Crippen LogP contribution in [0.5, 0.6) is 11.5 Å². The van der Waals surface area contributed by atoms with Gasteiger partial charge < -0.3 is 0 Å². The van der Waals surface area contributed by atoms with Crippen LogP contribution in [0.4, 0.5) is 22.7 Å². The van der Waals surface area contributed by atoms with Gasteiger partial charge in [0.15, 0.2) is 0 Å². The van der Waals surface area contributed by atoms with E-state index in [9.17, 15) is 0 Å². The number of benzene rings is 8. The molecule has 0 fully saturated rings. The Kier molecular flexibility index (Phi) is 6.95. The third-order valence-electron chi connectivity index (χ3n) is 12.7. The Bertz CT molecular complexity index is 2900. The molecule has 13 rings (SSSR count). The van der Waals surface area contributed by atoms with E-state index in [0.717, 1.165) is 17.1 Å². The molecule has 5 nitrogen and oxygen atoms in total. The molecule has 0 radical (unpaired) electrons. The summed E-state index contributed by atoms with van der Waals surface area (Å²) in [6.07, 6.45) is 0. The van der Waals surface area contributed by atoms with Crippen molar-refractivity contribution in [3.8, 4) is 22.6 Å². The number of fused-ring (bicyclic) bond motifs is 17. The molecular weight excluding hydrogens is 904 g/mol. The van der Waals surface area contributed by atoms with Gasteiger partial charge in [-0.25, -0.2) is 0 Å². The number of anilines is 4. The van der Waals surface area contributed by atoms with Crippen molar-refractivity contribution < 1.29 is 22.4 Å². The first-order valence-electron chi connectivity index (χ1n) is 20.1. The molecule has 8 aromatic carbocycles. The summed E-state index contributed by atoms with van der Waals surface area (Å²) in [5.74, 6) is 1.60. The third kappa shape index (κ3) is 4.33. The number of nitrogens with zero attached hydrogens (tertiary/aromatic N) is 4. The van der Waals surface area contributed by atoms with Gasteiger partial charge in [0.05, 0.1) is 0 Å². The van der Waals surface area contributed by atoms with E-state index in [1.807, 2.05) is 0 Å². The van der Waals surface area contributed by atoms with Gasteiger partial charge in [0.1, 0.15) is 0 Å². The summed E-state index contributed by atoms with van der Waals surface area (Å²) in [6.45, 7) is 0.688. The normalized spacial score (nSPS) is 17.0. The molecule has 0 saturated carbocycles. The first-order valence-corrected chi connectivity index (χ1v) is 22.4. The van der Waals surface area contributed by atoms with E-state index in [4.69, 9.17) is 4.74 Å². The van der Waals surface area contributed by atoms with Crippen molar-refractivity contribution >= 4 is 31.0 Å².